The number of thiophene rings is 1. The van der Waals surface area contributed by atoms with Crippen LogP contribution in [0.1, 0.15) is 32.6 Å². The maximum atomic E-state index is 12.7. The summed E-state index contributed by atoms with van der Waals surface area (Å²) in [5.74, 6) is 0.389. The molecule has 0 aliphatic heterocycles. The van der Waals surface area contributed by atoms with Crippen molar-refractivity contribution in [2.75, 3.05) is 12.8 Å². The van der Waals surface area contributed by atoms with Crippen LogP contribution in [-0.4, -0.2) is 29.0 Å². The van der Waals surface area contributed by atoms with Gasteiger partial charge < -0.3 is 15.8 Å². The summed E-state index contributed by atoms with van der Waals surface area (Å²) in [6.07, 6.45) is 0.810. The molecule has 1 atom stereocenters. The number of benzene rings is 1. The van der Waals surface area contributed by atoms with Gasteiger partial charge in [0, 0.05) is 39.4 Å². The van der Waals surface area contributed by atoms with Gasteiger partial charge in [-0.3, -0.25) is 4.79 Å². The normalized spacial score (nSPS) is 11.9. The van der Waals surface area contributed by atoms with Crippen LogP contribution in [0.25, 0.3) is 11.3 Å². The summed E-state index contributed by atoms with van der Waals surface area (Å²) >= 11 is 1.78. The molecule has 7 heteroatoms. The third-order valence-corrected chi connectivity index (χ3v) is 5.63. The molecule has 1 unspecified atom stereocenters. The van der Waals surface area contributed by atoms with E-state index in [2.05, 4.69) is 35.2 Å². The maximum absolute atomic E-state index is 12.7. The van der Waals surface area contributed by atoms with Gasteiger partial charge in [0.05, 0.1) is 12.8 Å². The van der Waals surface area contributed by atoms with Crippen LogP contribution in [0, 0.1) is 13.8 Å². The van der Waals surface area contributed by atoms with E-state index >= 15 is 0 Å². The number of aromatic nitrogens is 2. The van der Waals surface area contributed by atoms with Gasteiger partial charge in [0.2, 0.25) is 11.8 Å². The van der Waals surface area contributed by atoms with Crippen molar-refractivity contribution in [3.63, 3.8) is 0 Å². The van der Waals surface area contributed by atoms with Crippen molar-refractivity contribution in [3.8, 4) is 17.1 Å². The minimum atomic E-state index is -0.117. The van der Waals surface area contributed by atoms with Gasteiger partial charge in [-0.25, -0.2) is 4.98 Å². The lowest BCUT2D eigenvalue weighted by Gasteiger charge is -2.13. The number of amides is 1. The highest BCUT2D eigenvalue weighted by Gasteiger charge is 2.14. The van der Waals surface area contributed by atoms with Crippen LogP contribution in [0.3, 0.4) is 0 Å². The maximum Gasteiger partial charge on any atom is 0.251 e. The van der Waals surface area contributed by atoms with Gasteiger partial charge >= 0.3 is 0 Å². The molecule has 6 nitrogen and oxygen atoms in total. The highest BCUT2D eigenvalue weighted by atomic mass is 32.1. The third-order valence-electron chi connectivity index (χ3n) is 4.45. The fourth-order valence-corrected chi connectivity index (χ4v) is 4.11. The number of methoxy groups -OCH3 is 1. The quantitative estimate of drug-likeness (QED) is 0.662. The molecular weight excluding hydrogens is 372 g/mol. The van der Waals surface area contributed by atoms with Gasteiger partial charge in [-0.2, -0.15) is 4.98 Å². The topological polar surface area (TPSA) is 90.1 Å². The zero-order valence-corrected chi connectivity index (χ0v) is 17.3. The Morgan fingerprint density at radius 1 is 1.25 bits per heavy atom. The lowest BCUT2D eigenvalue weighted by molar-refractivity contribution is 0.0940. The summed E-state index contributed by atoms with van der Waals surface area (Å²) in [5.41, 5.74) is 8.99. The highest BCUT2D eigenvalue weighted by Crippen LogP contribution is 2.24. The highest BCUT2D eigenvalue weighted by molar-refractivity contribution is 7.12. The Kier molecular flexibility index (Phi) is 5.94. The number of hydrogen-bond donors (Lipinski definition) is 2. The molecular formula is C21H24N4O2S. The molecule has 3 aromatic rings. The molecule has 0 aliphatic rings. The molecule has 2 aromatic heterocycles. The summed E-state index contributed by atoms with van der Waals surface area (Å²) in [7, 11) is 1.52. The number of nitrogens with one attached hydrogen (secondary N) is 1. The van der Waals surface area contributed by atoms with Crippen molar-refractivity contribution in [1.82, 2.24) is 15.3 Å². The van der Waals surface area contributed by atoms with Crippen molar-refractivity contribution >= 4 is 23.2 Å². The third kappa shape index (κ3) is 4.67. The molecule has 146 valence electrons. The van der Waals surface area contributed by atoms with Crippen LogP contribution in [0.4, 0.5) is 5.95 Å². The second-order valence-corrected chi connectivity index (χ2v) is 8.11. The number of rotatable bonds is 6. The fraction of sp³-hybridized carbons (Fsp3) is 0.286. The second-order valence-electron chi connectivity index (χ2n) is 6.77. The molecule has 0 saturated carbocycles. The van der Waals surface area contributed by atoms with Gasteiger partial charge in [0.25, 0.3) is 5.91 Å². The van der Waals surface area contributed by atoms with Gasteiger partial charge in [0.1, 0.15) is 0 Å². The van der Waals surface area contributed by atoms with Crippen LogP contribution in [0.5, 0.6) is 5.88 Å². The van der Waals surface area contributed by atoms with E-state index in [9.17, 15) is 4.79 Å². The number of nitrogens with zero attached hydrogens (tertiary/aromatic N) is 2. The van der Waals surface area contributed by atoms with Crippen LogP contribution >= 0.6 is 11.3 Å². The molecule has 2 heterocycles. The van der Waals surface area contributed by atoms with Crippen LogP contribution in [-0.2, 0) is 6.42 Å². The Hall–Kier alpha value is -2.93. The minimum absolute atomic E-state index is 0.0309. The van der Waals surface area contributed by atoms with Gasteiger partial charge in [-0.15, -0.1) is 11.3 Å². The molecule has 0 radical (unpaired) electrons. The molecule has 0 fully saturated rings. The van der Waals surface area contributed by atoms with Crippen molar-refractivity contribution in [2.24, 2.45) is 0 Å². The van der Waals surface area contributed by atoms with Crippen molar-refractivity contribution < 1.29 is 9.53 Å². The standard InChI is InChI=1S/C21H24N4O2S/c1-12-8-17(28-14(12)3)9-13(2)23-20(26)16-7-5-6-15(10-16)18-11-19(27-4)25-21(22)24-18/h5-8,10-11,13H,9H2,1-4H3,(H,23,26)(H2,22,24,25). The SMILES string of the molecule is COc1cc(-c2cccc(C(=O)NC(C)Cc3cc(C)c(C)s3)c2)nc(N)n1. The molecule has 28 heavy (non-hydrogen) atoms. The smallest absolute Gasteiger partial charge is 0.251 e. The van der Waals surface area contributed by atoms with E-state index in [1.54, 1.807) is 29.5 Å². The zero-order chi connectivity index (χ0) is 20.3. The molecule has 0 bridgehead atoms. The number of ether oxygens (including phenoxy) is 1. The van der Waals surface area contributed by atoms with E-state index in [-0.39, 0.29) is 17.9 Å². The van der Waals surface area contributed by atoms with Crippen molar-refractivity contribution in [2.45, 2.75) is 33.2 Å². The van der Waals surface area contributed by atoms with Gasteiger partial charge in [-0.1, -0.05) is 12.1 Å². The number of anilines is 1. The lowest BCUT2D eigenvalue weighted by atomic mass is 10.1. The van der Waals surface area contributed by atoms with E-state index in [1.807, 2.05) is 19.1 Å². The summed E-state index contributed by atoms with van der Waals surface area (Å²) in [6.45, 7) is 6.24. The number of aryl methyl sites for hydroxylation is 2. The van der Waals surface area contributed by atoms with E-state index < -0.39 is 0 Å². The number of hydrogen-bond acceptors (Lipinski definition) is 6. The number of carbonyl (C=O) groups excluding carboxylic acids is 1. The second kappa shape index (κ2) is 8.39. The fourth-order valence-electron chi connectivity index (χ4n) is 2.93. The molecule has 1 aromatic carbocycles. The van der Waals surface area contributed by atoms with E-state index in [1.165, 1.54) is 22.4 Å². The predicted molar refractivity (Wildman–Crippen MR) is 113 cm³/mol. The van der Waals surface area contributed by atoms with Crippen LogP contribution in [0.15, 0.2) is 36.4 Å². The molecule has 0 spiro atoms. The average molecular weight is 397 g/mol. The van der Waals surface area contributed by atoms with Crippen LogP contribution < -0.4 is 15.8 Å². The van der Waals surface area contributed by atoms with Crippen LogP contribution in [0.2, 0.25) is 0 Å². The predicted octanol–water partition coefficient (Wildman–Crippen LogP) is 3.77. The first-order chi connectivity index (χ1) is 13.4. The zero-order valence-electron chi connectivity index (χ0n) is 16.4. The monoisotopic (exact) mass is 396 g/mol. The molecule has 0 aliphatic carbocycles. The lowest BCUT2D eigenvalue weighted by Crippen LogP contribution is -2.33. The Morgan fingerprint density at radius 3 is 2.71 bits per heavy atom. The Labute approximate surface area is 168 Å². The average Bonchev–Trinajstić information content (AvgIpc) is 2.98. The van der Waals surface area contributed by atoms with Crippen molar-refractivity contribution in [1.29, 1.82) is 0 Å². The minimum Gasteiger partial charge on any atom is -0.481 e. The summed E-state index contributed by atoms with van der Waals surface area (Å²) in [4.78, 5) is 23.5. The molecule has 3 rings (SSSR count). The first kappa shape index (κ1) is 19.8. The summed E-state index contributed by atoms with van der Waals surface area (Å²) in [6, 6.07) is 11.2. The van der Waals surface area contributed by atoms with Gasteiger partial charge in [-0.05, 0) is 44.5 Å². The largest absolute Gasteiger partial charge is 0.481 e. The molecule has 0 saturated heterocycles. The molecule has 3 N–H and O–H groups in total. The first-order valence-electron chi connectivity index (χ1n) is 9.01. The van der Waals surface area contributed by atoms with Crippen molar-refractivity contribution in [3.05, 3.63) is 57.3 Å². The first-order valence-corrected chi connectivity index (χ1v) is 9.83. The number of nitrogen functional groups attached to an aromatic ring is 1. The summed E-state index contributed by atoms with van der Waals surface area (Å²) < 4.78 is 5.14. The number of nitrogens with two attached hydrogens (primary N) is 1. The molecule has 1 amide bonds. The van der Waals surface area contributed by atoms with E-state index in [4.69, 9.17) is 10.5 Å². The summed E-state index contributed by atoms with van der Waals surface area (Å²) in [5, 5.41) is 3.07. The Bertz CT molecular complexity index is 980. The number of carbonyl (C=O) groups is 1. The Balaban J connectivity index is 1.74. The Morgan fingerprint density at radius 2 is 2.04 bits per heavy atom. The van der Waals surface area contributed by atoms with E-state index in [0.29, 0.717) is 17.1 Å². The van der Waals surface area contributed by atoms with E-state index in [0.717, 1.165) is 12.0 Å². The van der Waals surface area contributed by atoms with Gasteiger partial charge in [0.15, 0.2) is 0 Å².